The van der Waals surface area contributed by atoms with Crippen LogP contribution in [-0.2, 0) is 29.1 Å². The summed E-state index contributed by atoms with van der Waals surface area (Å²) in [5, 5.41) is 10.3. The second-order valence-electron chi connectivity index (χ2n) is 7.61. The number of nitrogens with one attached hydrogen (secondary N) is 2. The van der Waals surface area contributed by atoms with Crippen LogP contribution in [0.25, 0.3) is 0 Å². The lowest BCUT2D eigenvalue weighted by molar-refractivity contribution is -0.134. The number of methoxy groups -OCH3 is 1. The molecule has 1 amide bonds. The first-order valence-corrected chi connectivity index (χ1v) is 10.7. The number of carbonyl (C=O) groups excluding carboxylic acids is 1. The van der Waals surface area contributed by atoms with Crippen molar-refractivity contribution in [2.24, 2.45) is 0 Å². The number of ether oxygens (including phenoxy) is 1. The molecule has 5 N–H and O–H groups in total. The Labute approximate surface area is 203 Å². The molecule has 0 aliphatic heterocycles. The molecule has 0 fully saturated rings. The van der Waals surface area contributed by atoms with E-state index in [0.29, 0.717) is 30.4 Å². The highest BCUT2D eigenvalue weighted by Crippen LogP contribution is 2.13. The summed E-state index contributed by atoms with van der Waals surface area (Å²) < 4.78 is 6.61. The summed E-state index contributed by atoms with van der Waals surface area (Å²) in [4.78, 5) is 42.7. The van der Waals surface area contributed by atoms with Gasteiger partial charge in [0.1, 0.15) is 5.82 Å². The third kappa shape index (κ3) is 8.14. The largest absolute Gasteiger partial charge is 0.481 e. The fraction of sp³-hybridized carbons (Fsp3) is 0.292. The predicted molar refractivity (Wildman–Crippen MR) is 132 cm³/mol. The standard InChI is InChI=1S/C22H26N6O3.C2H4O2/c1-14-8-10-28(26-13-17-5-4-9-24-21(17)31-3)22(30)18(14)11-20(29)25-12-16-6-7-19(23)27-15(16)2;1-2(3)4/h4-10,26H,11-13H2,1-3H3,(H2,23,27)(H,25,29);1H3,(H,3,4). The summed E-state index contributed by atoms with van der Waals surface area (Å²) in [6, 6.07) is 8.98. The van der Waals surface area contributed by atoms with Gasteiger partial charge in [-0.3, -0.25) is 14.4 Å². The summed E-state index contributed by atoms with van der Waals surface area (Å²) in [6.45, 7) is 5.39. The third-order valence-corrected chi connectivity index (χ3v) is 4.94. The van der Waals surface area contributed by atoms with Gasteiger partial charge < -0.3 is 26.3 Å². The van der Waals surface area contributed by atoms with E-state index in [1.807, 2.05) is 26.0 Å². The molecule has 0 radical (unpaired) electrons. The number of nitrogen functional groups attached to an aromatic ring is 1. The summed E-state index contributed by atoms with van der Waals surface area (Å²) >= 11 is 0. The van der Waals surface area contributed by atoms with Crippen molar-refractivity contribution in [2.75, 3.05) is 18.3 Å². The highest BCUT2D eigenvalue weighted by Gasteiger charge is 2.13. The monoisotopic (exact) mass is 482 g/mol. The van der Waals surface area contributed by atoms with E-state index in [9.17, 15) is 9.59 Å². The molecule has 0 saturated carbocycles. The second-order valence-corrected chi connectivity index (χ2v) is 7.61. The van der Waals surface area contributed by atoms with Crippen LogP contribution in [0, 0.1) is 13.8 Å². The van der Waals surface area contributed by atoms with Crippen LogP contribution in [0.3, 0.4) is 0 Å². The van der Waals surface area contributed by atoms with Crippen molar-refractivity contribution in [2.45, 2.75) is 40.3 Å². The number of hydrogen-bond donors (Lipinski definition) is 4. The molecule has 3 heterocycles. The Morgan fingerprint density at radius 3 is 2.51 bits per heavy atom. The SMILES string of the molecule is CC(=O)O.COc1ncccc1CNn1ccc(C)c(CC(=O)NCc2ccc(N)nc2C)c1=O. The molecule has 0 bridgehead atoms. The van der Waals surface area contributed by atoms with Crippen molar-refractivity contribution in [1.29, 1.82) is 0 Å². The zero-order valence-corrected chi connectivity index (χ0v) is 20.2. The number of nitrogens with two attached hydrogens (primary N) is 1. The average Bonchev–Trinajstić information content (AvgIpc) is 2.80. The fourth-order valence-electron chi connectivity index (χ4n) is 3.13. The van der Waals surface area contributed by atoms with Gasteiger partial charge in [0.2, 0.25) is 11.8 Å². The number of carboxylic acid groups (broad SMARTS) is 1. The van der Waals surface area contributed by atoms with Crippen LogP contribution in [0.5, 0.6) is 5.88 Å². The molecule has 3 aromatic rings. The fourth-order valence-corrected chi connectivity index (χ4v) is 3.13. The molecule has 0 spiro atoms. The minimum atomic E-state index is -0.833. The molecule has 0 unspecified atom stereocenters. The first kappa shape index (κ1) is 26.8. The molecular weight excluding hydrogens is 452 g/mol. The summed E-state index contributed by atoms with van der Waals surface area (Å²) in [5.41, 5.74) is 12.1. The Bertz CT molecular complexity index is 1240. The zero-order chi connectivity index (χ0) is 26.0. The lowest BCUT2D eigenvalue weighted by Crippen LogP contribution is -2.34. The van der Waals surface area contributed by atoms with Crippen molar-refractivity contribution < 1.29 is 19.4 Å². The second kappa shape index (κ2) is 12.7. The predicted octanol–water partition coefficient (Wildman–Crippen LogP) is 1.54. The van der Waals surface area contributed by atoms with Crippen molar-refractivity contribution in [3.8, 4) is 5.88 Å². The van der Waals surface area contributed by atoms with E-state index in [4.69, 9.17) is 20.4 Å². The zero-order valence-electron chi connectivity index (χ0n) is 20.2. The Morgan fingerprint density at radius 1 is 1.14 bits per heavy atom. The van der Waals surface area contributed by atoms with Crippen molar-refractivity contribution in [3.63, 3.8) is 0 Å². The van der Waals surface area contributed by atoms with Crippen LogP contribution in [0.4, 0.5) is 5.82 Å². The number of pyridine rings is 3. The quantitative estimate of drug-likeness (QED) is 0.373. The number of carbonyl (C=O) groups is 2. The number of hydrogen-bond acceptors (Lipinski definition) is 8. The summed E-state index contributed by atoms with van der Waals surface area (Å²) in [7, 11) is 1.54. The summed E-state index contributed by atoms with van der Waals surface area (Å²) in [6.07, 6.45) is 3.26. The Hall–Kier alpha value is -4.41. The number of nitrogens with zero attached hydrogens (tertiary/aromatic N) is 3. The highest BCUT2D eigenvalue weighted by molar-refractivity contribution is 5.78. The van der Waals surface area contributed by atoms with Gasteiger partial charge >= 0.3 is 0 Å². The van der Waals surface area contributed by atoms with Gasteiger partial charge in [-0.1, -0.05) is 12.1 Å². The molecule has 11 nitrogen and oxygen atoms in total. The van der Waals surface area contributed by atoms with Crippen LogP contribution in [0.2, 0.25) is 0 Å². The number of carboxylic acids is 1. The molecule has 0 aromatic carbocycles. The Kier molecular flexibility index (Phi) is 9.76. The lowest BCUT2D eigenvalue weighted by Gasteiger charge is -2.14. The van der Waals surface area contributed by atoms with E-state index in [-0.39, 0.29) is 17.9 Å². The number of amides is 1. The number of aromatic nitrogens is 3. The Morgan fingerprint density at radius 2 is 1.86 bits per heavy atom. The molecule has 3 aromatic heterocycles. The third-order valence-electron chi connectivity index (χ3n) is 4.94. The molecule has 0 aliphatic rings. The molecule has 186 valence electrons. The molecular formula is C24H30N6O5. The van der Waals surface area contributed by atoms with E-state index >= 15 is 0 Å². The Balaban J connectivity index is 0.00000100. The maximum Gasteiger partial charge on any atom is 0.300 e. The van der Waals surface area contributed by atoms with Crippen molar-refractivity contribution in [1.82, 2.24) is 20.0 Å². The molecule has 0 atom stereocenters. The van der Waals surface area contributed by atoms with Gasteiger partial charge in [-0.15, -0.1) is 0 Å². The number of aryl methyl sites for hydroxylation is 2. The van der Waals surface area contributed by atoms with Gasteiger partial charge in [-0.25, -0.2) is 14.6 Å². The van der Waals surface area contributed by atoms with E-state index in [1.165, 1.54) is 4.68 Å². The van der Waals surface area contributed by atoms with Crippen LogP contribution in [-0.4, -0.2) is 38.7 Å². The van der Waals surface area contributed by atoms with E-state index in [2.05, 4.69) is 20.7 Å². The lowest BCUT2D eigenvalue weighted by atomic mass is 10.1. The molecule has 3 rings (SSSR count). The number of anilines is 1. The van der Waals surface area contributed by atoms with Crippen molar-refractivity contribution in [3.05, 3.63) is 81.0 Å². The van der Waals surface area contributed by atoms with Gasteiger partial charge in [0.05, 0.1) is 20.1 Å². The molecule has 0 aliphatic carbocycles. The van der Waals surface area contributed by atoms with E-state index in [1.54, 1.807) is 37.7 Å². The first-order valence-electron chi connectivity index (χ1n) is 10.7. The molecule has 11 heteroatoms. The van der Waals surface area contributed by atoms with Crippen LogP contribution >= 0.6 is 0 Å². The smallest absolute Gasteiger partial charge is 0.300 e. The topological polar surface area (TPSA) is 161 Å². The highest BCUT2D eigenvalue weighted by atomic mass is 16.5. The van der Waals surface area contributed by atoms with E-state index < -0.39 is 5.97 Å². The van der Waals surface area contributed by atoms with Crippen molar-refractivity contribution >= 4 is 17.7 Å². The first-order chi connectivity index (χ1) is 16.6. The normalized spacial score (nSPS) is 10.1. The van der Waals surface area contributed by atoms with Gasteiger partial charge in [-0.2, -0.15) is 0 Å². The van der Waals surface area contributed by atoms with Crippen LogP contribution in [0.1, 0.15) is 34.9 Å². The maximum absolute atomic E-state index is 12.9. The van der Waals surface area contributed by atoms with Gasteiger partial charge in [-0.05, 0) is 43.2 Å². The van der Waals surface area contributed by atoms with Crippen LogP contribution in [0.15, 0.2) is 47.5 Å². The number of aliphatic carboxylic acids is 1. The minimum absolute atomic E-state index is 0.0230. The van der Waals surface area contributed by atoms with Crippen LogP contribution < -0.4 is 26.8 Å². The summed E-state index contributed by atoms with van der Waals surface area (Å²) in [5.74, 6) is -0.158. The van der Waals surface area contributed by atoms with Gasteiger partial charge in [0.25, 0.3) is 11.5 Å². The van der Waals surface area contributed by atoms with E-state index in [0.717, 1.165) is 29.3 Å². The average molecular weight is 483 g/mol. The number of rotatable bonds is 8. The minimum Gasteiger partial charge on any atom is -0.481 e. The molecule has 0 saturated heterocycles. The van der Waals surface area contributed by atoms with Gasteiger partial charge in [0, 0.05) is 42.7 Å². The van der Waals surface area contributed by atoms with Gasteiger partial charge in [0.15, 0.2) is 0 Å². The maximum atomic E-state index is 12.9. The molecule has 35 heavy (non-hydrogen) atoms.